The van der Waals surface area contributed by atoms with Gasteiger partial charge in [-0.3, -0.25) is 4.55 Å². The third kappa shape index (κ3) is 6.05. The number of halogens is 1. The summed E-state index contributed by atoms with van der Waals surface area (Å²) in [6.07, 6.45) is 5.43. The van der Waals surface area contributed by atoms with E-state index in [1.54, 1.807) is 0 Å². The lowest BCUT2D eigenvalue weighted by Crippen LogP contribution is -2.48. The Hall–Kier alpha value is -1.44. The van der Waals surface area contributed by atoms with Crippen LogP contribution in [0.2, 0.25) is 5.02 Å². The van der Waals surface area contributed by atoms with Crippen molar-refractivity contribution >= 4 is 21.7 Å². The molecule has 3 unspecified atom stereocenters. The molecule has 164 valence electrons. The monoisotopic (exact) mass is 451 g/mol. The van der Waals surface area contributed by atoms with Crippen molar-refractivity contribution in [1.82, 2.24) is 4.90 Å². The van der Waals surface area contributed by atoms with Gasteiger partial charge in [0, 0.05) is 23.5 Å². The van der Waals surface area contributed by atoms with E-state index in [-0.39, 0.29) is 0 Å². The molecule has 30 heavy (non-hydrogen) atoms. The van der Waals surface area contributed by atoms with Gasteiger partial charge in [-0.1, -0.05) is 60.5 Å². The number of piperidine rings is 1. The summed E-state index contributed by atoms with van der Waals surface area (Å²) in [5.41, 5.74) is 2.84. The van der Waals surface area contributed by atoms with E-state index in [1.165, 1.54) is 31.2 Å². The third-order valence-corrected chi connectivity index (χ3v) is 6.60. The fraction of sp³-hybridized carbons (Fsp3) is 0.478. The van der Waals surface area contributed by atoms with Gasteiger partial charge in [0.05, 0.1) is 12.4 Å². The van der Waals surface area contributed by atoms with E-state index in [9.17, 15) is 13.5 Å². The predicted octanol–water partition coefficient (Wildman–Crippen LogP) is 4.32. The Morgan fingerprint density at radius 2 is 1.77 bits per heavy atom. The number of nitrogens with zero attached hydrogens (tertiary/aromatic N) is 1. The average molecular weight is 452 g/mol. The maximum atomic E-state index is 10.6. The van der Waals surface area contributed by atoms with Crippen molar-refractivity contribution in [3.63, 3.8) is 0 Å². The zero-order chi connectivity index (χ0) is 21.8. The molecule has 0 aromatic heterocycles. The van der Waals surface area contributed by atoms with Gasteiger partial charge in [0.2, 0.25) is 0 Å². The van der Waals surface area contributed by atoms with Crippen LogP contribution in [0.25, 0.3) is 0 Å². The van der Waals surface area contributed by atoms with Gasteiger partial charge in [0.25, 0.3) is 10.1 Å². The molecule has 1 aliphatic carbocycles. The highest BCUT2D eigenvalue weighted by Crippen LogP contribution is 2.50. The first-order valence-electron chi connectivity index (χ1n) is 10.3. The average Bonchev–Trinajstić information content (AvgIpc) is 3.12. The Labute approximate surface area is 184 Å². The van der Waals surface area contributed by atoms with Gasteiger partial charge in [0.15, 0.2) is 0 Å². The largest absolute Gasteiger partial charge is 0.387 e. The van der Waals surface area contributed by atoms with Crippen molar-refractivity contribution in [3.8, 4) is 0 Å². The van der Waals surface area contributed by atoms with Crippen LogP contribution in [0.5, 0.6) is 0 Å². The number of rotatable bonds is 4. The van der Waals surface area contributed by atoms with Crippen LogP contribution < -0.4 is 0 Å². The molecule has 2 aromatic rings. The molecule has 1 aliphatic heterocycles. The van der Waals surface area contributed by atoms with Gasteiger partial charge < -0.3 is 10.0 Å². The van der Waals surface area contributed by atoms with E-state index < -0.39 is 16.2 Å². The third-order valence-electron chi connectivity index (χ3n) is 6.34. The lowest BCUT2D eigenvalue weighted by Gasteiger charge is -2.45. The molecule has 5 nitrogen and oxygen atoms in total. The minimum absolute atomic E-state index is 0.364. The van der Waals surface area contributed by atoms with E-state index in [0.717, 1.165) is 18.7 Å². The highest BCUT2D eigenvalue weighted by molar-refractivity contribution is 7.85. The van der Waals surface area contributed by atoms with Crippen LogP contribution in [0.15, 0.2) is 54.6 Å². The minimum Gasteiger partial charge on any atom is -0.387 e. The maximum absolute atomic E-state index is 10.6. The molecule has 0 amide bonds. The molecule has 2 aromatic carbocycles. The molecule has 4 rings (SSSR count). The van der Waals surface area contributed by atoms with Crippen LogP contribution in [0.1, 0.15) is 42.9 Å². The van der Waals surface area contributed by atoms with E-state index in [2.05, 4.69) is 35.2 Å². The minimum atomic E-state index is -3.67. The van der Waals surface area contributed by atoms with E-state index >= 15 is 0 Å². The summed E-state index contributed by atoms with van der Waals surface area (Å²) in [6, 6.07) is 18.7. The summed E-state index contributed by atoms with van der Waals surface area (Å²) in [7, 11) is -3.67. The number of benzene rings is 2. The molecule has 1 saturated carbocycles. The number of likely N-dealkylation sites (tertiary alicyclic amines) is 1. The van der Waals surface area contributed by atoms with Gasteiger partial charge in [-0.25, -0.2) is 0 Å². The number of fused-ring (bicyclic) bond motifs is 1. The normalized spacial score (nSPS) is 25.1. The molecule has 2 fully saturated rings. The molecular formula is C23H30ClNO4S. The summed E-state index contributed by atoms with van der Waals surface area (Å²) in [5.74, 6) is 0.709. The Balaban J connectivity index is 0.000000461. The highest BCUT2D eigenvalue weighted by atomic mass is 35.5. The van der Waals surface area contributed by atoms with Crippen molar-refractivity contribution in [3.05, 3.63) is 70.7 Å². The number of hydrogen-bond donors (Lipinski definition) is 2. The van der Waals surface area contributed by atoms with E-state index in [1.807, 2.05) is 24.3 Å². The van der Waals surface area contributed by atoms with Crippen LogP contribution >= 0.6 is 11.6 Å². The Morgan fingerprint density at radius 3 is 2.40 bits per heavy atom. The Bertz CT molecular complexity index is 912. The van der Waals surface area contributed by atoms with Crippen LogP contribution in [0.3, 0.4) is 0 Å². The second kappa shape index (κ2) is 9.79. The van der Waals surface area contributed by atoms with Crippen LogP contribution in [-0.4, -0.2) is 48.9 Å². The summed E-state index contributed by atoms with van der Waals surface area (Å²) in [4.78, 5) is 2.45. The van der Waals surface area contributed by atoms with E-state index in [0.29, 0.717) is 29.2 Å². The van der Waals surface area contributed by atoms with Gasteiger partial charge in [-0.15, -0.1) is 0 Å². The lowest BCUT2D eigenvalue weighted by atomic mass is 9.67. The number of aliphatic hydroxyl groups excluding tert-OH is 1. The Morgan fingerprint density at radius 1 is 1.13 bits per heavy atom. The second-order valence-corrected chi connectivity index (χ2v) is 10.3. The fourth-order valence-corrected chi connectivity index (χ4v) is 5.12. The van der Waals surface area contributed by atoms with Gasteiger partial charge in [0.1, 0.15) is 0 Å². The zero-order valence-electron chi connectivity index (χ0n) is 17.2. The molecule has 1 heterocycles. The lowest BCUT2D eigenvalue weighted by molar-refractivity contribution is 0.0580. The first kappa shape index (κ1) is 23.2. The van der Waals surface area contributed by atoms with Gasteiger partial charge in [-0.2, -0.15) is 8.42 Å². The van der Waals surface area contributed by atoms with Crippen LogP contribution in [-0.2, 0) is 15.5 Å². The summed E-state index contributed by atoms with van der Waals surface area (Å²) < 4.78 is 25.9. The summed E-state index contributed by atoms with van der Waals surface area (Å²) in [5, 5.41) is 11.3. The van der Waals surface area contributed by atoms with E-state index in [4.69, 9.17) is 16.2 Å². The fourth-order valence-electron chi connectivity index (χ4n) is 5.00. The second-order valence-electron chi connectivity index (χ2n) is 8.42. The molecule has 2 N–H and O–H groups in total. The molecule has 0 bridgehead atoms. The topological polar surface area (TPSA) is 77.8 Å². The van der Waals surface area contributed by atoms with Gasteiger partial charge in [-0.05, 0) is 55.0 Å². The van der Waals surface area contributed by atoms with Crippen molar-refractivity contribution in [2.75, 3.05) is 25.9 Å². The Kier molecular flexibility index (Phi) is 7.58. The SMILES string of the molecule is CS(=O)(=O)O.OC(CN1CCC2(c3ccccc3)CCCC2C1)c1ccc(Cl)cc1. The number of hydrogen-bond acceptors (Lipinski definition) is 4. The standard InChI is InChI=1S/C22H26ClNO.CH4O3S/c23-20-10-8-17(9-11-20)21(25)16-24-14-13-22(12-4-7-19(22)15-24)18-5-2-1-3-6-18;1-5(2,3)4/h1-3,5-6,8-11,19,21,25H,4,7,12-16H2;1H3,(H,2,3,4). The van der Waals surface area contributed by atoms with Crippen LogP contribution in [0, 0.1) is 5.92 Å². The quantitative estimate of drug-likeness (QED) is 0.677. The predicted molar refractivity (Wildman–Crippen MR) is 120 cm³/mol. The first-order valence-corrected chi connectivity index (χ1v) is 12.5. The summed E-state index contributed by atoms with van der Waals surface area (Å²) >= 11 is 5.95. The number of β-amino-alcohol motifs (C(OH)–C–C–N with tert-alkyl or cyclic N) is 1. The molecule has 3 atom stereocenters. The number of aliphatic hydroxyl groups is 1. The molecule has 1 saturated heterocycles. The molecule has 0 radical (unpaired) electrons. The summed E-state index contributed by atoms with van der Waals surface area (Å²) in [6.45, 7) is 2.87. The van der Waals surface area contributed by atoms with Crippen LogP contribution in [0.4, 0.5) is 0 Å². The maximum Gasteiger partial charge on any atom is 0.261 e. The van der Waals surface area contributed by atoms with Gasteiger partial charge >= 0.3 is 0 Å². The molecular weight excluding hydrogens is 422 g/mol. The smallest absolute Gasteiger partial charge is 0.261 e. The highest BCUT2D eigenvalue weighted by Gasteiger charge is 2.47. The van der Waals surface area contributed by atoms with Crippen molar-refractivity contribution in [2.24, 2.45) is 5.92 Å². The molecule has 0 spiro atoms. The van der Waals surface area contributed by atoms with Crippen molar-refractivity contribution < 1.29 is 18.1 Å². The zero-order valence-corrected chi connectivity index (χ0v) is 18.8. The molecule has 2 aliphatic rings. The van der Waals surface area contributed by atoms with Crippen molar-refractivity contribution in [1.29, 1.82) is 0 Å². The first-order chi connectivity index (χ1) is 14.2. The van der Waals surface area contributed by atoms with Crippen molar-refractivity contribution in [2.45, 2.75) is 37.2 Å². The molecule has 7 heteroatoms.